The van der Waals surface area contributed by atoms with E-state index in [-0.39, 0.29) is 5.11 Å². The van der Waals surface area contributed by atoms with Gasteiger partial charge in [0.25, 0.3) is 0 Å². The van der Waals surface area contributed by atoms with E-state index in [4.69, 9.17) is 5.73 Å². The van der Waals surface area contributed by atoms with Gasteiger partial charge in [-0.1, -0.05) is 6.07 Å². The molecule has 0 saturated carbocycles. The monoisotopic (exact) mass is 209 g/mol. The third kappa shape index (κ3) is 3.29. The first kappa shape index (κ1) is 9.80. The summed E-state index contributed by atoms with van der Waals surface area (Å²) in [5.74, 6) is 0. The third-order valence-corrected chi connectivity index (χ3v) is 1.48. The van der Waals surface area contributed by atoms with Crippen LogP contribution in [0.4, 0.5) is 11.4 Å². The normalized spacial score (nSPS) is 8.62. The molecule has 0 amide bonds. The molecule has 0 fully saturated rings. The summed E-state index contributed by atoms with van der Waals surface area (Å²) in [5, 5.41) is 5.30. The highest BCUT2D eigenvalue weighted by Crippen LogP contribution is 2.16. The van der Waals surface area contributed by atoms with Gasteiger partial charge >= 0.3 is 0 Å². The van der Waals surface area contributed by atoms with Crippen molar-refractivity contribution in [2.24, 2.45) is 10.7 Å². The van der Waals surface area contributed by atoms with E-state index in [1.165, 1.54) is 0 Å². The van der Waals surface area contributed by atoms with Gasteiger partial charge in [-0.05, 0) is 42.6 Å². The molecule has 0 aromatic heterocycles. The van der Waals surface area contributed by atoms with Crippen LogP contribution in [0.25, 0.3) is 0 Å². The second-order valence-corrected chi connectivity index (χ2v) is 2.87. The van der Waals surface area contributed by atoms with Crippen LogP contribution in [0.5, 0.6) is 0 Å². The molecule has 0 radical (unpaired) electrons. The van der Waals surface area contributed by atoms with Crippen LogP contribution in [0, 0.1) is 0 Å². The van der Waals surface area contributed by atoms with E-state index in [2.05, 4.69) is 39.9 Å². The number of isothiocyanates is 1. The van der Waals surface area contributed by atoms with Crippen molar-refractivity contribution in [3.8, 4) is 0 Å². The number of hydrogen-bond acceptors (Lipinski definition) is 3. The average molecular weight is 209 g/mol. The van der Waals surface area contributed by atoms with E-state index in [0.29, 0.717) is 0 Å². The number of aliphatic imine (C=N–C) groups is 1. The largest absolute Gasteiger partial charge is 0.376 e. The van der Waals surface area contributed by atoms with Gasteiger partial charge in [0.1, 0.15) is 0 Å². The molecule has 0 heterocycles. The number of rotatable bonds is 2. The molecule has 0 unspecified atom stereocenters. The Morgan fingerprint density at radius 3 is 2.92 bits per heavy atom. The summed E-state index contributed by atoms with van der Waals surface area (Å²) in [6, 6.07) is 7.25. The van der Waals surface area contributed by atoms with Gasteiger partial charge in [-0.2, -0.15) is 4.99 Å². The molecular weight excluding hydrogens is 202 g/mol. The molecule has 66 valence electrons. The number of thiocarbonyl (C=S) groups is 2. The first-order valence-electron chi connectivity index (χ1n) is 3.47. The van der Waals surface area contributed by atoms with Crippen LogP contribution in [0.15, 0.2) is 29.3 Å². The first-order chi connectivity index (χ1) is 6.22. The molecule has 3 nitrogen and oxygen atoms in total. The maximum atomic E-state index is 5.30. The van der Waals surface area contributed by atoms with Crippen molar-refractivity contribution >= 4 is 46.1 Å². The fourth-order valence-corrected chi connectivity index (χ4v) is 1.07. The van der Waals surface area contributed by atoms with Crippen LogP contribution >= 0.6 is 24.4 Å². The summed E-state index contributed by atoms with van der Waals surface area (Å²) in [5.41, 5.74) is 6.81. The van der Waals surface area contributed by atoms with E-state index in [9.17, 15) is 0 Å². The molecule has 1 rings (SSSR count). The topological polar surface area (TPSA) is 50.4 Å². The van der Waals surface area contributed by atoms with E-state index >= 15 is 0 Å². The van der Waals surface area contributed by atoms with E-state index in [1.807, 2.05) is 18.2 Å². The predicted octanol–water partition coefficient (Wildman–Crippen LogP) is 2.08. The van der Waals surface area contributed by atoms with Crippen LogP contribution in [-0.4, -0.2) is 10.3 Å². The molecule has 0 saturated heterocycles. The zero-order valence-corrected chi connectivity index (χ0v) is 8.28. The summed E-state index contributed by atoms with van der Waals surface area (Å²) in [4.78, 5) is 3.82. The SMILES string of the molecule is NC(=S)Nc1cccc(N=C=S)c1. The minimum Gasteiger partial charge on any atom is -0.376 e. The highest BCUT2D eigenvalue weighted by atomic mass is 32.1. The lowest BCUT2D eigenvalue weighted by atomic mass is 10.3. The minimum atomic E-state index is 0.225. The molecular formula is C8H7N3S2. The third-order valence-electron chi connectivity index (χ3n) is 1.29. The summed E-state index contributed by atoms with van der Waals surface area (Å²) >= 11 is 9.16. The van der Waals surface area contributed by atoms with Gasteiger partial charge in [0, 0.05) is 5.69 Å². The van der Waals surface area contributed by atoms with Crippen LogP contribution in [-0.2, 0) is 0 Å². The molecule has 0 spiro atoms. The van der Waals surface area contributed by atoms with Crippen molar-refractivity contribution in [1.29, 1.82) is 0 Å². The quantitative estimate of drug-likeness (QED) is 0.578. The zero-order chi connectivity index (χ0) is 9.68. The van der Waals surface area contributed by atoms with E-state index in [1.54, 1.807) is 6.07 Å². The van der Waals surface area contributed by atoms with Gasteiger partial charge in [0.2, 0.25) is 0 Å². The number of hydrogen-bond donors (Lipinski definition) is 2. The summed E-state index contributed by atoms with van der Waals surface area (Å²) in [6.45, 7) is 0. The fourth-order valence-electron chi connectivity index (χ4n) is 0.848. The molecule has 3 N–H and O–H groups in total. The molecule has 5 heteroatoms. The predicted molar refractivity (Wildman–Crippen MR) is 61.5 cm³/mol. The van der Waals surface area contributed by atoms with Crippen LogP contribution in [0.2, 0.25) is 0 Å². The number of benzene rings is 1. The van der Waals surface area contributed by atoms with Gasteiger partial charge in [0.15, 0.2) is 5.11 Å². The minimum absolute atomic E-state index is 0.225. The first-order valence-corrected chi connectivity index (χ1v) is 4.28. The smallest absolute Gasteiger partial charge is 0.168 e. The highest BCUT2D eigenvalue weighted by Gasteiger charge is 1.93. The van der Waals surface area contributed by atoms with E-state index in [0.717, 1.165) is 11.4 Å². The van der Waals surface area contributed by atoms with Crippen molar-refractivity contribution in [3.63, 3.8) is 0 Å². The Labute approximate surface area is 86.7 Å². The molecule has 0 aliphatic carbocycles. The van der Waals surface area contributed by atoms with Gasteiger partial charge in [0.05, 0.1) is 10.8 Å². The Bertz CT molecular complexity index is 369. The van der Waals surface area contributed by atoms with Gasteiger partial charge < -0.3 is 11.1 Å². The van der Waals surface area contributed by atoms with Crippen LogP contribution in [0.3, 0.4) is 0 Å². The Hall–Kier alpha value is -1.29. The van der Waals surface area contributed by atoms with Crippen LogP contribution in [0.1, 0.15) is 0 Å². The lowest BCUT2D eigenvalue weighted by Crippen LogP contribution is -2.18. The number of nitrogens with zero attached hydrogens (tertiary/aromatic N) is 1. The van der Waals surface area contributed by atoms with E-state index < -0.39 is 0 Å². The summed E-state index contributed by atoms with van der Waals surface area (Å²) < 4.78 is 0. The van der Waals surface area contributed by atoms with Crippen molar-refractivity contribution < 1.29 is 0 Å². The molecule has 0 aliphatic heterocycles. The Kier molecular flexibility index (Phi) is 3.52. The standard InChI is InChI=1S/C8H7N3S2/c9-8(13)11-7-3-1-2-6(4-7)10-5-12/h1-4H,(H3,9,11,13). The molecule has 1 aromatic carbocycles. The van der Waals surface area contributed by atoms with Gasteiger partial charge in [-0.15, -0.1) is 0 Å². The molecule has 13 heavy (non-hydrogen) atoms. The fraction of sp³-hybridized carbons (Fsp3) is 0. The van der Waals surface area contributed by atoms with Gasteiger partial charge in [-0.25, -0.2) is 0 Å². The Balaban J connectivity index is 2.91. The highest BCUT2D eigenvalue weighted by molar-refractivity contribution is 7.80. The summed E-state index contributed by atoms with van der Waals surface area (Å²) in [6.07, 6.45) is 0. The second kappa shape index (κ2) is 4.67. The Morgan fingerprint density at radius 1 is 1.54 bits per heavy atom. The lowest BCUT2D eigenvalue weighted by molar-refractivity contribution is 1.53. The molecule has 1 aromatic rings. The van der Waals surface area contributed by atoms with Crippen molar-refractivity contribution in [1.82, 2.24) is 0 Å². The van der Waals surface area contributed by atoms with Gasteiger partial charge in [-0.3, -0.25) is 0 Å². The van der Waals surface area contributed by atoms with Crippen molar-refractivity contribution in [2.75, 3.05) is 5.32 Å². The Morgan fingerprint density at radius 2 is 2.31 bits per heavy atom. The number of nitrogens with one attached hydrogen (secondary N) is 1. The molecule has 0 bridgehead atoms. The number of nitrogens with two attached hydrogens (primary N) is 1. The van der Waals surface area contributed by atoms with Crippen molar-refractivity contribution in [2.45, 2.75) is 0 Å². The van der Waals surface area contributed by atoms with Crippen molar-refractivity contribution in [3.05, 3.63) is 24.3 Å². The lowest BCUT2D eigenvalue weighted by Gasteiger charge is -2.02. The second-order valence-electron chi connectivity index (χ2n) is 2.24. The maximum Gasteiger partial charge on any atom is 0.168 e. The zero-order valence-electron chi connectivity index (χ0n) is 6.65. The summed E-state index contributed by atoms with van der Waals surface area (Å²) in [7, 11) is 0. The number of anilines is 1. The average Bonchev–Trinajstić information content (AvgIpc) is 2.04. The molecule has 0 aliphatic rings. The van der Waals surface area contributed by atoms with Crippen LogP contribution < -0.4 is 11.1 Å². The maximum absolute atomic E-state index is 5.30. The molecule has 0 atom stereocenters.